The normalized spacial score (nSPS) is 10.5. The third-order valence-corrected chi connectivity index (χ3v) is 3.24. The Bertz CT molecular complexity index is 899. The van der Waals surface area contributed by atoms with Crippen LogP contribution in [0.2, 0.25) is 0 Å². The van der Waals surface area contributed by atoms with Crippen LogP contribution in [0.1, 0.15) is 23.2 Å². The summed E-state index contributed by atoms with van der Waals surface area (Å²) in [7, 11) is 0. The molecule has 24 heavy (non-hydrogen) atoms. The van der Waals surface area contributed by atoms with Gasteiger partial charge in [-0.3, -0.25) is 25.3 Å². The number of hydrogen-bond acceptors (Lipinski definition) is 6. The Kier molecular flexibility index (Phi) is 4.01. The first-order valence-electron chi connectivity index (χ1n) is 7.09. The van der Waals surface area contributed by atoms with Gasteiger partial charge in [-0.05, 0) is 0 Å². The lowest BCUT2D eigenvalue weighted by Gasteiger charge is -1.98. The molecule has 0 saturated heterocycles. The minimum atomic E-state index is -0.491. The largest absolute Gasteiger partial charge is 0.334 e. The fourth-order valence-corrected chi connectivity index (χ4v) is 2.03. The van der Waals surface area contributed by atoms with Gasteiger partial charge in [0, 0.05) is 24.1 Å². The maximum atomic E-state index is 12.1. The highest BCUT2D eigenvalue weighted by molar-refractivity contribution is 6.02. The highest BCUT2D eigenvalue weighted by atomic mass is 16.6. The van der Waals surface area contributed by atoms with Gasteiger partial charge < -0.3 is 4.98 Å². The predicted octanol–water partition coefficient (Wildman–Crippen LogP) is 1.92. The van der Waals surface area contributed by atoms with Gasteiger partial charge in [-0.1, -0.05) is 19.1 Å². The van der Waals surface area contributed by atoms with Gasteiger partial charge >= 0.3 is 0 Å². The van der Waals surface area contributed by atoms with Crippen LogP contribution in [0.25, 0.3) is 11.4 Å². The number of nitrogens with one attached hydrogen (secondary N) is 3. The molecule has 0 unspecified atom stereocenters. The van der Waals surface area contributed by atoms with E-state index in [1.165, 1.54) is 18.3 Å². The molecule has 1 amide bonds. The number of aromatic amines is 2. The van der Waals surface area contributed by atoms with Gasteiger partial charge in [0.05, 0.1) is 11.1 Å². The van der Waals surface area contributed by atoms with Crippen LogP contribution in [0.4, 0.5) is 11.6 Å². The summed E-state index contributed by atoms with van der Waals surface area (Å²) in [5, 5.41) is 19.9. The molecule has 0 aliphatic carbocycles. The molecule has 0 saturated carbocycles. The number of non-ortho nitro benzene ring substituents is 1. The van der Waals surface area contributed by atoms with Crippen LogP contribution in [-0.2, 0) is 6.42 Å². The summed E-state index contributed by atoms with van der Waals surface area (Å²) in [6.07, 6.45) is 2.01. The molecule has 1 aromatic carbocycles. The molecule has 0 spiro atoms. The molecular formula is C14H13N7O3. The molecule has 3 aromatic rings. The van der Waals surface area contributed by atoms with Crippen molar-refractivity contribution in [1.82, 2.24) is 25.1 Å². The van der Waals surface area contributed by atoms with Gasteiger partial charge in [-0.15, -0.1) is 5.10 Å². The molecule has 10 nitrogen and oxygen atoms in total. The molecule has 0 aliphatic rings. The smallest absolute Gasteiger partial charge is 0.276 e. The Morgan fingerprint density at radius 2 is 2.25 bits per heavy atom. The molecular weight excluding hydrogens is 314 g/mol. The lowest BCUT2D eigenvalue weighted by Crippen LogP contribution is -2.13. The Hall–Kier alpha value is -3.56. The molecule has 2 aromatic heterocycles. The van der Waals surface area contributed by atoms with Crippen molar-refractivity contribution in [2.75, 3.05) is 5.32 Å². The topological polar surface area (TPSA) is 142 Å². The Labute approximate surface area is 135 Å². The van der Waals surface area contributed by atoms with E-state index in [-0.39, 0.29) is 17.3 Å². The summed E-state index contributed by atoms with van der Waals surface area (Å²) in [5.41, 5.74) is 0.650. The van der Waals surface area contributed by atoms with Gasteiger partial charge in [-0.2, -0.15) is 4.98 Å². The van der Waals surface area contributed by atoms with E-state index in [0.717, 1.165) is 0 Å². The number of aromatic nitrogens is 5. The van der Waals surface area contributed by atoms with Crippen molar-refractivity contribution in [3.8, 4) is 11.4 Å². The van der Waals surface area contributed by atoms with Crippen molar-refractivity contribution in [3.05, 3.63) is 52.1 Å². The standard InChI is InChI=1S/C14H13N7O3/c1-2-11-17-14(20-19-11)18-13(22)10-7-15-12(16-10)8-4-3-5-9(6-8)21(23)24/h3-7H,2H2,1H3,(H,15,16)(H2,17,18,19,20,22). The maximum Gasteiger partial charge on any atom is 0.276 e. The first-order chi connectivity index (χ1) is 11.6. The average Bonchev–Trinajstić information content (AvgIpc) is 3.24. The van der Waals surface area contributed by atoms with Crippen LogP contribution in [0.3, 0.4) is 0 Å². The van der Waals surface area contributed by atoms with E-state index in [9.17, 15) is 14.9 Å². The molecule has 0 atom stereocenters. The van der Waals surface area contributed by atoms with Crippen molar-refractivity contribution in [2.24, 2.45) is 0 Å². The van der Waals surface area contributed by atoms with Crippen molar-refractivity contribution >= 4 is 17.5 Å². The van der Waals surface area contributed by atoms with Gasteiger partial charge in [0.1, 0.15) is 17.3 Å². The first kappa shape index (κ1) is 15.3. The number of benzene rings is 1. The van der Waals surface area contributed by atoms with E-state index < -0.39 is 10.8 Å². The summed E-state index contributed by atoms with van der Waals surface area (Å²) in [6, 6.07) is 5.98. The second-order valence-electron chi connectivity index (χ2n) is 4.87. The number of imidazole rings is 1. The van der Waals surface area contributed by atoms with Crippen molar-refractivity contribution in [3.63, 3.8) is 0 Å². The SMILES string of the molecule is CCc1nc(NC(=O)c2cnc(-c3cccc([N+](=O)[O-])c3)[nH]2)n[nH]1. The molecule has 2 heterocycles. The summed E-state index contributed by atoms with van der Waals surface area (Å²) in [5.74, 6) is 0.726. The number of nitrogens with zero attached hydrogens (tertiary/aromatic N) is 4. The first-order valence-corrected chi connectivity index (χ1v) is 7.09. The molecule has 3 rings (SSSR count). The zero-order valence-corrected chi connectivity index (χ0v) is 12.6. The molecule has 122 valence electrons. The monoisotopic (exact) mass is 327 g/mol. The predicted molar refractivity (Wildman–Crippen MR) is 84.4 cm³/mol. The zero-order valence-electron chi connectivity index (χ0n) is 12.6. The number of carbonyl (C=O) groups is 1. The lowest BCUT2D eigenvalue weighted by atomic mass is 10.2. The third-order valence-electron chi connectivity index (χ3n) is 3.24. The molecule has 0 aliphatic heterocycles. The van der Waals surface area contributed by atoms with E-state index in [4.69, 9.17) is 0 Å². The number of rotatable bonds is 5. The quantitative estimate of drug-likeness (QED) is 0.482. The summed E-state index contributed by atoms with van der Waals surface area (Å²) in [6.45, 7) is 1.91. The Balaban J connectivity index is 1.78. The van der Waals surface area contributed by atoms with Gasteiger partial charge in [0.25, 0.3) is 11.6 Å². The van der Waals surface area contributed by atoms with E-state index in [1.807, 2.05) is 6.92 Å². The summed E-state index contributed by atoms with van der Waals surface area (Å²) in [4.78, 5) is 33.5. The molecule has 0 bridgehead atoms. The van der Waals surface area contributed by atoms with Crippen molar-refractivity contribution in [1.29, 1.82) is 0 Å². The zero-order chi connectivity index (χ0) is 17.1. The number of anilines is 1. The number of carbonyl (C=O) groups excluding carboxylic acids is 1. The fraction of sp³-hybridized carbons (Fsp3) is 0.143. The third kappa shape index (κ3) is 3.11. The van der Waals surface area contributed by atoms with E-state index in [1.54, 1.807) is 12.1 Å². The number of nitro groups is 1. The van der Waals surface area contributed by atoms with Gasteiger partial charge in [0.2, 0.25) is 5.95 Å². The number of H-pyrrole nitrogens is 2. The molecule has 3 N–H and O–H groups in total. The summed E-state index contributed by atoms with van der Waals surface area (Å²) >= 11 is 0. The fourth-order valence-electron chi connectivity index (χ4n) is 2.03. The van der Waals surface area contributed by atoms with Crippen molar-refractivity contribution in [2.45, 2.75) is 13.3 Å². The van der Waals surface area contributed by atoms with Crippen LogP contribution in [0.15, 0.2) is 30.5 Å². The Morgan fingerprint density at radius 1 is 1.42 bits per heavy atom. The average molecular weight is 327 g/mol. The minimum absolute atomic E-state index is 0.0530. The maximum absolute atomic E-state index is 12.1. The second kappa shape index (κ2) is 6.28. The van der Waals surface area contributed by atoms with Crippen LogP contribution in [0.5, 0.6) is 0 Å². The van der Waals surface area contributed by atoms with E-state index in [0.29, 0.717) is 23.6 Å². The second-order valence-corrected chi connectivity index (χ2v) is 4.87. The number of nitro benzene ring substituents is 1. The van der Waals surface area contributed by atoms with Crippen LogP contribution in [0, 0.1) is 10.1 Å². The van der Waals surface area contributed by atoms with Gasteiger partial charge in [-0.25, -0.2) is 4.98 Å². The van der Waals surface area contributed by atoms with Crippen LogP contribution >= 0.6 is 0 Å². The van der Waals surface area contributed by atoms with Crippen LogP contribution < -0.4 is 5.32 Å². The lowest BCUT2D eigenvalue weighted by molar-refractivity contribution is -0.384. The molecule has 0 radical (unpaired) electrons. The highest BCUT2D eigenvalue weighted by Crippen LogP contribution is 2.21. The minimum Gasteiger partial charge on any atom is -0.334 e. The highest BCUT2D eigenvalue weighted by Gasteiger charge is 2.14. The number of amides is 1. The number of hydrogen-bond donors (Lipinski definition) is 3. The molecule has 10 heteroatoms. The molecule has 0 fully saturated rings. The van der Waals surface area contributed by atoms with Crippen LogP contribution in [-0.4, -0.2) is 36.0 Å². The summed E-state index contributed by atoms with van der Waals surface area (Å²) < 4.78 is 0. The van der Waals surface area contributed by atoms with E-state index >= 15 is 0 Å². The van der Waals surface area contributed by atoms with E-state index in [2.05, 4.69) is 30.5 Å². The van der Waals surface area contributed by atoms with Gasteiger partial charge in [0.15, 0.2) is 0 Å². The Morgan fingerprint density at radius 3 is 2.96 bits per heavy atom. The van der Waals surface area contributed by atoms with Crippen molar-refractivity contribution < 1.29 is 9.72 Å². The number of aryl methyl sites for hydroxylation is 1.